The topological polar surface area (TPSA) is 104 Å². The minimum Gasteiger partial charge on any atom is -0.496 e. The van der Waals surface area contributed by atoms with Crippen LogP contribution in [0.25, 0.3) is 17.1 Å². The molecule has 9 nitrogen and oxygen atoms in total. The first-order chi connectivity index (χ1) is 15.5. The van der Waals surface area contributed by atoms with E-state index in [0.29, 0.717) is 6.54 Å². The molecule has 0 aromatic carbocycles. The summed E-state index contributed by atoms with van der Waals surface area (Å²) in [6.45, 7) is 8.87. The minimum absolute atomic E-state index is 0.260. The second kappa shape index (κ2) is 8.68. The van der Waals surface area contributed by atoms with Crippen LogP contribution in [-0.4, -0.2) is 75.3 Å². The highest BCUT2D eigenvalue weighted by molar-refractivity contribution is 7.99. The zero-order chi connectivity index (χ0) is 22.2. The van der Waals surface area contributed by atoms with Crippen LogP contribution in [-0.2, 0) is 11.3 Å². The van der Waals surface area contributed by atoms with E-state index in [2.05, 4.69) is 25.9 Å². The van der Waals surface area contributed by atoms with Crippen LogP contribution in [0.5, 0.6) is 5.75 Å². The average molecular weight is 454 g/mol. The van der Waals surface area contributed by atoms with Gasteiger partial charge in [0.25, 0.3) is 0 Å². The van der Waals surface area contributed by atoms with Crippen molar-refractivity contribution in [3.63, 3.8) is 0 Å². The Hall–Kier alpha value is -2.69. The molecule has 3 aromatic heterocycles. The summed E-state index contributed by atoms with van der Waals surface area (Å²) in [6, 6.07) is 0. The summed E-state index contributed by atoms with van der Waals surface area (Å²) in [5, 5.41) is 6.76. The third kappa shape index (κ3) is 3.94. The molecule has 1 saturated heterocycles. The van der Waals surface area contributed by atoms with Crippen molar-refractivity contribution in [2.45, 2.75) is 25.4 Å². The van der Waals surface area contributed by atoms with Crippen molar-refractivity contribution in [3.8, 4) is 5.75 Å². The van der Waals surface area contributed by atoms with E-state index in [9.17, 15) is 0 Å². The Kier molecular flexibility index (Phi) is 5.75. The lowest BCUT2D eigenvalue weighted by Crippen LogP contribution is -2.37. The molecule has 0 radical (unpaired) electrons. The zero-order valence-electron chi connectivity index (χ0n) is 18.6. The number of anilines is 1. The van der Waals surface area contributed by atoms with Crippen molar-refractivity contribution in [2.75, 3.05) is 51.4 Å². The lowest BCUT2D eigenvalue weighted by Gasteiger charge is -2.27. The normalized spacial score (nSPS) is 16.8. The number of methoxy groups -OCH3 is 1. The van der Waals surface area contributed by atoms with Gasteiger partial charge in [-0.05, 0) is 25.5 Å². The van der Waals surface area contributed by atoms with Crippen LogP contribution >= 0.6 is 11.8 Å². The second-order valence-corrected chi connectivity index (χ2v) is 9.12. The monoisotopic (exact) mass is 453 g/mol. The maximum Gasteiger partial charge on any atom is 0.223 e. The third-order valence-electron chi connectivity index (χ3n) is 5.92. The molecule has 0 spiro atoms. The van der Waals surface area contributed by atoms with Crippen LogP contribution in [0.3, 0.4) is 0 Å². The number of pyridine rings is 1. The maximum atomic E-state index is 6.07. The number of ether oxygens (including phenoxy) is 2. The smallest absolute Gasteiger partial charge is 0.223 e. The number of thioether (sulfide) groups is 1. The molecular weight excluding hydrogens is 426 g/mol. The summed E-state index contributed by atoms with van der Waals surface area (Å²) >= 11 is 1.70. The first kappa shape index (κ1) is 21.2. The number of rotatable bonds is 5. The summed E-state index contributed by atoms with van der Waals surface area (Å²) < 4.78 is 12.9. The standard InChI is InChI=1S/C22H27N7O2S/c1-13-9-24-17(14(2)19(13)30-3)11-29-20-18-16(27-29)8-15(10-28-4-6-31-7-5-28)12-32-21(18)26-22(23)25-20/h8-9H,4-7,10-12H2,1-3H3,(H2,23,25,26). The molecule has 10 heteroatoms. The molecule has 2 aliphatic heterocycles. The molecular formula is C22H27N7O2S. The highest BCUT2D eigenvalue weighted by atomic mass is 32.2. The van der Waals surface area contributed by atoms with Gasteiger partial charge in [-0.2, -0.15) is 10.1 Å². The first-order valence-corrected chi connectivity index (χ1v) is 11.7. The fourth-order valence-electron chi connectivity index (χ4n) is 4.31. The van der Waals surface area contributed by atoms with E-state index < -0.39 is 0 Å². The Balaban J connectivity index is 1.54. The summed E-state index contributed by atoms with van der Waals surface area (Å²) in [5.74, 6) is 1.97. The molecule has 5 heterocycles. The number of nitrogens with zero attached hydrogens (tertiary/aromatic N) is 6. The van der Waals surface area contributed by atoms with Gasteiger partial charge in [-0.1, -0.05) is 0 Å². The Morgan fingerprint density at radius 3 is 2.78 bits per heavy atom. The molecule has 1 fully saturated rings. The first-order valence-electron chi connectivity index (χ1n) is 10.7. The Morgan fingerprint density at radius 2 is 2.00 bits per heavy atom. The van der Waals surface area contributed by atoms with E-state index in [1.54, 1.807) is 18.9 Å². The van der Waals surface area contributed by atoms with E-state index >= 15 is 0 Å². The lowest BCUT2D eigenvalue weighted by atomic mass is 10.1. The van der Waals surface area contributed by atoms with Crippen molar-refractivity contribution in [2.24, 2.45) is 0 Å². The van der Waals surface area contributed by atoms with E-state index in [-0.39, 0.29) is 5.95 Å². The van der Waals surface area contributed by atoms with Gasteiger partial charge in [0.2, 0.25) is 5.95 Å². The van der Waals surface area contributed by atoms with Crippen LogP contribution in [0, 0.1) is 13.8 Å². The van der Waals surface area contributed by atoms with Crippen molar-refractivity contribution >= 4 is 34.8 Å². The van der Waals surface area contributed by atoms with Gasteiger partial charge < -0.3 is 15.2 Å². The molecule has 0 atom stereocenters. The molecule has 0 bridgehead atoms. The quantitative estimate of drug-likeness (QED) is 0.583. The van der Waals surface area contributed by atoms with E-state index in [1.807, 2.05) is 24.7 Å². The van der Waals surface area contributed by atoms with Crippen molar-refractivity contribution in [3.05, 3.63) is 34.3 Å². The molecule has 0 saturated carbocycles. The van der Waals surface area contributed by atoms with E-state index in [0.717, 1.165) is 82.9 Å². The number of nitrogen functional groups attached to an aromatic ring is 1. The molecule has 3 aromatic rings. The molecule has 168 valence electrons. The summed E-state index contributed by atoms with van der Waals surface area (Å²) in [6.07, 6.45) is 4.02. The van der Waals surface area contributed by atoms with Crippen LogP contribution in [0.15, 0.2) is 16.8 Å². The molecule has 0 amide bonds. The van der Waals surface area contributed by atoms with Crippen LogP contribution < -0.4 is 10.5 Å². The number of morpholine rings is 1. The molecule has 0 aliphatic carbocycles. The van der Waals surface area contributed by atoms with Crippen molar-refractivity contribution in [1.82, 2.24) is 29.6 Å². The number of hydrogen-bond donors (Lipinski definition) is 1. The highest BCUT2D eigenvalue weighted by Crippen LogP contribution is 2.35. The van der Waals surface area contributed by atoms with Gasteiger partial charge in [0.1, 0.15) is 10.8 Å². The van der Waals surface area contributed by atoms with Gasteiger partial charge in [0.15, 0.2) is 5.65 Å². The van der Waals surface area contributed by atoms with Crippen LogP contribution in [0.2, 0.25) is 0 Å². The van der Waals surface area contributed by atoms with Gasteiger partial charge in [0, 0.05) is 42.7 Å². The maximum absolute atomic E-state index is 6.07. The van der Waals surface area contributed by atoms with Gasteiger partial charge >= 0.3 is 0 Å². The van der Waals surface area contributed by atoms with Gasteiger partial charge in [-0.15, -0.1) is 11.8 Å². The van der Waals surface area contributed by atoms with Gasteiger partial charge in [-0.3, -0.25) is 9.88 Å². The Bertz CT molecular complexity index is 1200. The van der Waals surface area contributed by atoms with Gasteiger partial charge in [0.05, 0.1) is 43.6 Å². The van der Waals surface area contributed by atoms with E-state index in [1.165, 1.54) is 5.57 Å². The summed E-state index contributed by atoms with van der Waals surface area (Å²) in [5.41, 5.74) is 11.9. The predicted molar refractivity (Wildman–Crippen MR) is 125 cm³/mol. The van der Waals surface area contributed by atoms with Crippen LogP contribution in [0.4, 0.5) is 5.95 Å². The SMILES string of the molecule is COc1c(C)cnc(Cn2nc3c4c(nc(N)nc42)SCC(CN2CCOCC2)=C3)c1C. The summed E-state index contributed by atoms with van der Waals surface area (Å²) in [7, 11) is 1.69. The van der Waals surface area contributed by atoms with Gasteiger partial charge in [-0.25, -0.2) is 9.67 Å². The zero-order valence-corrected chi connectivity index (χ0v) is 19.4. The van der Waals surface area contributed by atoms with Crippen molar-refractivity contribution < 1.29 is 9.47 Å². The van der Waals surface area contributed by atoms with E-state index in [4.69, 9.17) is 20.3 Å². The fourth-order valence-corrected chi connectivity index (χ4v) is 5.30. The average Bonchev–Trinajstić information content (AvgIpc) is 3.01. The molecule has 32 heavy (non-hydrogen) atoms. The summed E-state index contributed by atoms with van der Waals surface area (Å²) in [4.78, 5) is 16.1. The third-order valence-corrected chi connectivity index (χ3v) is 7.00. The number of hydrogen-bond acceptors (Lipinski definition) is 9. The van der Waals surface area contributed by atoms with Crippen molar-refractivity contribution in [1.29, 1.82) is 0 Å². The number of nitrogens with two attached hydrogens (primary N) is 1. The highest BCUT2D eigenvalue weighted by Gasteiger charge is 2.23. The molecule has 2 N–H and O–H groups in total. The Labute approximate surface area is 191 Å². The number of aromatic nitrogens is 5. The second-order valence-electron chi connectivity index (χ2n) is 8.15. The molecule has 2 aliphatic rings. The predicted octanol–water partition coefficient (Wildman–Crippen LogP) is 2.30. The fraction of sp³-hybridized carbons (Fsp3) is 0.455. The number of aryl methyl sites for hydroxylation is 1. The minimum atomic E-state index is 0.260. The lowest BCUT2D eigenvalue weighted by molar-refractivity contribution is 0.0424. The molecule has 0 unspecified atom stereocenters. The largest absolute Gasteiger partial charge is 0.496 e. The van der Waals surface area contributed by atoms with Crippen LogP contribution in [0.1, 0.15) is 22.5 Å². The molecule has 5 rings (SSSR count). The Morgan fingerprint density at radius 1 is 1.19 bits per heavy atom.